The van der Waals surface area contributed by atoms with Crippen molar-refractivity contribution in [2.45, 2.75) is 46.1 Å². The summed E-state index contributed by atoms with van der Waals surface area (Å²) in [5.74, 6) is 0.141. The van der Waals surface area contributed by atoms with E-state index < -0.39 is 11.7 Å². The van der Waals surface area contributed by atoms with Crippen molar-refractivity contribution in [3.8, 4) is 11.6 Å². The summed E-state index contributed by atoms with van der Waals surface area (Å²) < 4.78 is 10.9. The lowest BCUT2D eigenvalue weighted by molar-refractivity contribution is 0.0636. The average Bonchev–Trinajstić information content (AvgIpc) is 2.50. The predicted octanol–water partition coefficient (Wildman–Crippen LogP) is 7.35. The van der Waals surface area contributed by atoms with Gasteiger partial charge in [0.25, 0.3) is 5.88 Å². The Bertz CT molecular complexity index is 875. The molecule has 0 aliphatic heterocycles. The highest BCUT2D eigenvalue weighted by Crippen LogP contribution is 2.42. The van der Waals surface area contributed by atoms with Crippen LogP contribution in [0.15, 0.2) is 12.1 Å². The molecule has 1 amide bonds. The van der Waals surface area contributed by atoms with Crippen LogP contribution in [0.1, 0.15) is 46.1 Å². The number of ether oxygens (including phenoxy) is 2. The molecule has 0 fully saturated rings. The molecule has 1 heterocycles. The number of benzene rings is 1. The molecule has 0 unspecified atom stereocenters. The summed E-state index contributed by atoms with van der Waals surface area (Å²) in [6.07, 6.45) is -0.638. The number of anilines is 1. The van der Waals surface area contributed by atoms with Gasteiger partial charge in [-0.05, 0) is 38.8 Å². The number of amides is 1. The summed E-state index contributed by atoms with van der Waals surface area (Å²) in [5, 5.41) is 11.0. The van der Waals surface area contributed by atoms with Crippen molar-refractivity contribution in [3.05, 3.63) is 37.9 Å². The molecule has 0 bridgehead atoms. The molecule has 0 spiro atoms. The predicted molar refractivity (Wildman–Crippen MR) is 113 cm³/mol. The fourth-order valence-electron chi connectivity index (χ4n) is 2.20. The SMILES string of the molecule is CC(C)c1c(Cl)nnc(Oc2c(Cl)cc(NC(=O)OC(C)(C)C)cc2Cl)c1Cl. The van der Waals surface area contributed by atoms with E-state index in [1.165, 1.54) is 12.1 Å². The first-order valence-corrected chi connectivity index (χ1v) is 9.78. The van der Waals surface area contributed by atoms with E-state index in [-0.39, 0.29) is 37.8 Å². The maximum atomic E-state index is 11.9. The molecule has 28 heavy (non-hydrogen) atoms. The first kappa shape index (κ1) is 22.8. The lowest BCUT2D eigenvalue weighted by atomic mass is 10.1. The Labute approximate surface area is 183 Å². The number of rotatable bonds is 4. The zero-order valence-corrected chi connectivity index (χ0v) is 18.9. The molecule has 1 aromatic heterocycles. The molecule has 1 N–H and O–H groups in total. The van der Waals surface area contributed by atoms with E-state index in [2.05, 4.69) is 15.5 Å². The summed E-state index contributed by atoms with van der Waals surface area (Å²) in [6.45, 7) is 9.09. The first-order chi connectivity index (χ1) is 12.9. The quantitative estimate of drug-likeness (QED) is 0.509. The molecular weight excluding hydrogens is 448 g/mol. The number of hydrogen-bond donors (Lipinski definition) is 1. The van der Waals surface area contributed by atoms with Gasteiger partial charge in [-0.15, -0.1) is 10.2 Å². The lowest BCUT2D eigenvalue weighted by Gasteiger charge is -2.20. The number of hydrogen-bond acceptors (Lipinski definition) is 5. The molecule has 0 aliphatic carbocycles. The minimum atomic E-state index is -0.640. The fraction of sp³-hybridized carbons (Fsp3) is 0.389. The highest BCUT2D eigenvalue weighted by molar-refractivity contribution is 6.38. The molecule has 2 rings (SSSR count). The molecule has 6 nitrogen and oxygen atoms in total. The largest absolute Gasteiger partial charge is 0.444 e. The lowest BCUT2D eigenvalue weighted by Crippen LogP contribution is -2.27. The Hall–Kier alpha value is -1.47. The average molecular weight is 467 g/mol. The molecule has 0 radical (unpaired) electrons. The van der Waals surface area contributed by atoms with Gasteiger partial charge >= 0.3 is 6.09 Å². The number of carbonyl (C=O) groups excluding carboxylic acids is 1. The second-order valence-corrected chi connectivity index (χ2v) is 8.73. The van der Waals surface area contributed by atoms with E-state index in [1.54, 1.807) is 20.8 Å². The summed E-state index contributed by atoms with van der Waals surface area (Å²) in [4.78, 5) is 11.9. The highest BCUT2D eigenvalue weighted by Gasteiger charge is 2.21. The molecule has 10 heteroatoms. The summed E-state index contributed by atoms with van der Waals surface area (Å²) in [6, 6.07) is 2.93. The van der Waals surface area contributed by atoms with Crippen LogP contribution in [0.3, 0.4) is 0 Å². The van der Waals surface area contributed by atoms with Gasteiger partial charge in [0.05, 0.1) is 10.0 Å². The maximum Gasteiger partial charge on any atom is 0.412 e. The standard InChI is InChI=1S/C18H19Cl4N3O3/c1-8(2)12-13(21)16(25-24-15(12)22)27-14-10(19)6-9(7-11(14)20)23-17(26)28-18(3,4)5/h6-8H,1-5H3,(H,23,26). The van der Waals surface area contributed by atoms with Gasteiger partial charge in [-0.2, -0.15) is 0 Å². The van der Waals surface area contributed by atoms with Crippen LogP contribution in [0.4, 0.5) is 10.5 Å². The van der Waals surface area contributed by atoms with Crippen molar-refractivity contribution in [1.82, 2.24) is 10.2 Å². The van der Waals surface area contributed by atoms with Crippen molar-refractivity contribution in [2.24, 2.45) is 0 Å². The van der Waals surface area contributed by atoms with Crippen molar-refractivity contribution >= 4 is 58.2 Å². The van der Waals surface area contributed by atoms with Gasteiger partial charge < -0.3 is 9.47 Å². The van der Waals surface area contributed by atoms with Gasteiger partial charge in [0.1, 0.15) is 10.6 Å². The molecule has 2 aromatic rings. The van der Waals surface area contributed by atoms with Crippen LogP contribution in [0.2, 0.25) is 20.2 Å². The number of aromatic nitrogens is 2. The number of nitrogens with one attached hydrogen (secondary N) is 1. The van der Waals surface area contributed by atoms with E-state index in [9.17, 15) is 4.79 Å². The smallest absolute Gasteiger partial charge is 0.412 e. The Morgan fingerprint density at radius 1 is 1.07 bits per heavy atom. The Kier molecular flexibility index (Phi) is 7.26. The summed E-state index contributed by atoms with van der Waals surface area (Å²) in [5.41, 5.74) is 0.301. The van der Waals surface area contributed by atoms with E-state index in [0.717, 1.165) is 0 Å². The minimum absolute atomic E-state index is 0.00389. The van der Waals surface area contributed by atoms with Gasteiger partial charge in [0.15, 0.2) is 10.9 Å². The van der Waals surface area contributed by atoms with Crippen molar-refractivity contribution in [3.63, 3.8) is 0 Å². The molecule has 0 saturated carbocycles. The third-order valence-electron chi connectivity index (χ3n) is 3.29. The minimum Gasteiger partial charge on any atom is -0.444 e. The number of halogens is 4. The van der Waals surface area contributed by atoms with Crippen LogP contribution in [-0.4, -0.2) is 21.9 Å². The Morgan fingerprint density at radius 2 is 1.64 bits per heavy atom. The van der Waals surface area contributed by atoms with Gasteiger partial charge in [-0.3, -0.25) is 5.32 Å². The van der Waals surface area contributed by atoms with Crippen LogP contribution in [0.25, 0.3) is 0 Å². The third kappa shape index (κ3) is 5.77. The van der Waals surface area contributed by atoms with E-state index in [1.807, 2.05) is 13.8 Å². The number of carbonyl (C=O) groups is 1. The van der Waals surface area contributed by atoms with Crippen LogP contribution in [-0.2, 0) is 4.74 Å². The number of nitrogens with zero attached hydrogens (tertiary/aromatic N) is 2. The fourth-order valence-corrected chi connectivity index (χ4v) is 3.54. The second-order valence-electron chi connectivity index (χ2n) is 7.18. The van der Waals surface area contributed by atoms with Crippen LogP contribution in [0, 0.1) is 0 Å². The molecule has 152 valence electrons. The second kappa shape index (κ2) is 8.91. The van der Waals surface area contributed by atoms with Gasteiger partial charge in [0.2, 0.25) is 0 Å². The molecule has 0 aliphatic rings. The topological polar surface area (TPSA) is 73.3 Å². The van der Waals surface area contributed by atoms with E-state index >= 15 is 0 Å². The third-order valence-corrected chi connectivity index (χ3v) is 4.50. The normalized spacial score (nSPS) is 11.5. The molecule has 0 atom stereocenters. The maximum absolute atomic E-state index is 11.9. The molecular formula is C18H19Cl4N3O3. The Morgan fingerprint density at radius 3 is 2.14 bits per heavy atom. The molecule has 0 saturated heterocycles. The van der Waals surface area contributed by atoms with Crippen LogP contribution in [0.5, 0.6) is 11.6 Å². The van der Waals surface area contributed by atoms with Crippen molar-refractivity contribution in [2.75, 3.05) is 5.32 Å². The van der Waals surface area contributed by atoms with E-state index in [0.29, 0.717) is 11.3 Å². The van der Waals surface area contributed by atoms with Crippen molar-refractivity contribution < 1.29 is 14.3 Å². The van der Waals surface area contributed by atoms with Gasteiger partial charge in [0, 0.05) is 11.3 Å². The summed E-state index contributed by atoms with van der Waals surface area (Å²) >= 11 is 24.9. The van der Waals surface area contributed by atoms with E-state index in [4.69, 9.17) is 55.9 Å². The highest BCUT2D eigenvalue weighted by atomic mass is 35.5. The summed E-state index contributed by atoms with van der Waals surface area (Å²) in [7, 11) is 0. The first-order valence-electron chi connectivity index (χ1n) is 8.27. The van der Waals surface area contributed by atoms with Gasteiger partial charge in [-0.1, -0.05) is 60.3 Å². The zero-order chi connectivity index (χ0) is 21.2. The monoisotopic (exact) mass is 465 g/mol. The van der Waals surface area contributed by atoms with Crippen LogP contribution < -0.4 is 10.1 Å². The zero-order valence-electron chi connectivity index (χ0n) is 15.9. The Balaban J connectivity index is 2.29. The van der Waals surface area contributed by atoms with Crippen LogP contribution >= 0.6 is 46.4 Å². The van der Waals surface area contributed by atoms with Gasteiger partial charge in [-0.25, -0.2) is 4.79 Å². The van der Waals surface area contributed by atoms with Crippen molar-refractivity contribution in [1.29, 1.82) is 0 Å². The molecule has 1 aromatic carbocycles.